The first-order valence-electron chi connectivity index (χ1n) is 19.1. The van der Waals surface area contributed by atoms with Gasteiger partial charge in [0, 0.05) is 6.08 Å². The van der Waals surface area contributed by atoms with Gasteiger partial charge in [-0.3, -0.25) is 0 Å². The van der Waals surface area contributed by atoms with E-state index in [9.17, 15) is 4.79 Å². The van der Waals surface area contributed by atoms with Gasteiger partial charge in [0.2, 0.25) is 0 Å². The highest BCUT2D eigenvalue weighted by atomic mass is 16.5. The molecular weight excluding hydrogens is 500 g/mol. The molecule has 41 heavy (non-hydrogen) atoms. The van der Waals surface area contributed by atoms with E-state index in [1.54, 1.807) is 0 Å². The molecule has 0 amide bonds. The van der Waals surface area contributed by atoms with Crippen molar-refractivity contribution in [1.29, 1.82) is 0 Å². The summed E-state index contributed by atoms with van der Waals surface area (Å²) in [7, 11) is 0. The highest BCUT2D eigenvalue weighted by Crippen LogP contribution is 2.19. The maximum absolute atomic E-state index is 11.8. The van der Waals surface area contributed by atoms with E-state index in [1.165, 1.54) is 205 Å². The number of unbranched alkanes of at least 4 members (excludes halogenated alkanes) is 29. The Kier molecular flexibility index (Phi) is 34.7. The average molecular weight is 577 g/mol. The number of carbonyl (C=O) groups excluding carboxylic acids is 1. The Morgan fingerprint density at radius 1 is 0.439 bits per heavy atom. The van der Waals surface area contributed by atoms with E-state index in [1.807, 2.05) is 0 Å². The standard InChI is InChI=1S/C39H76O2/c1-4-7-9-11-13-15-17-19-21-22-23-25-27-29-31-33-35-37-38(41-39(40)6-3)36-34-32-30-28-26-24-20-18-16-14-12-10-8-5-2/h6,38H,3-5,7-37H2,1-2H3. The number of hydrogen-bond donors (Lipinski definition) is 0. The third kappa shape index (κ3) is 33.6. The number of esters is 1. The Morgan fingerprint density at radius 3 is 0.878 bits per heavy atom. The second kappa shape index (κ2) is 35.4. The van der Waals surface area contributed by atoms with E-state index in [2.05, 4.69) is 20.4 Å². The summed E-state index contributed by atoms with van der Waals surface area (Å²) >= 11 is 0. The van der Waals surface area contributed by atoms with Crippen molar-refractivity contribution in [2.75, 3.05) is 0 Å². The van der Waals surface area contributed by atoms with Gasteiger partial charge in [-0.1, -0.05) is 207 Å². The number of hydrogen-bond acceptors (Lipinski definition) is 2. The lowest BCUT2D eigenvalue weighted by Gasteiger charge is -2.17. The first-order chi connectivity index (χ1) is 20.2. The van der Waals surface area contributed by atoms with Crippen molar-refractivity contribution in [3.8, 4) is 0 Å². The molecule has 0 aliphatic carbocycles. The molecule has 244 valence electrons. The zero-order chi connectivity index (χ0) is 29.9. The van der Waals surface area contributed by atoms with E-state index in [0.717, 1.165) is 12.8 Å². The topological polar surface area (TPSA) is 26.3 Å². The van der Waals surface area contributed by atoms with Crippen LogP contribution in [0.15, 0.2) is 12.7 Å². The van der Waals surface area contributed by atoms with Crippen LogP contribution in [0.1, 0.15) is 226 Å². The minimum Gasteiger partial charge on any atom is -0.459 e. The second-order valence-electron chi connectivity index (χ2n) is 13.1. The predicted octanol–water partition coefficient (Wildman–Crippen LogP) is 14.0. The van der Waals surface area contributed by atoms with E-state index < -0.39 is 0 Å². The lowest BCUT2D eigenvalue weighted by Crippen LogP contribution is -2.16. The molecule has 0 fully saturated rings. The fourth-order valence-electron chi connectivity index (χ4n) is 6.14. The van der Waals surface area contributed by atoms with Crippen molar-refractivity contribution in [2.24, 2.45) is 0 Å². The molecule has 1 atom stereocenters. The van der Waals surface area contributed by atoms with Crippen molar-refractivity contribution in [3.05, 3.63) is 12.7 Å². The molecule has 2 nitrogen and oxygen atoms in total. The van der Waals surface area contributed by atoms with Crippen LogP contribution in [0, 0.1) is 0 Å². The van der Waals surface area contributed by atoms with Crippen molar-refractivity contribution < 1.29 is 9.53 Å². The highest BCUT2D eigenvalue weighted by Gasteiger charge is 2.12. The summed E-state index contributed by atoms with van der Waals surface area (Å²) in [6, 6.07) is 0. The zero-order valence-corrected chi connectivity index (χ0v) is 28.5. The quantitative estimate of drug-likeness (QED) is 0.0426. The summed E-state index contributed by atoms with van der Waals surface area (Å²) in [5.41, 5.74) is 0. The SMILES string of the molecule is C=CC(=O)OC(CCCCCCCCCCCCCCCC)CCCCCCCCCCCCCCCCCCC. The fraction of sp³-hybridized carbons (Fsp3) is 0.923. The molecule has 0 bridgehead atoms. The molecule has 0 aromatic heterocycles. The number of ether oxygens (including phenoxy) is 1. The Labute approximate surface area is 259 Å². The molecule has 0 heterocycles. The smallest absolute Gasteiger partial charge is 0.330 e. The summed E-state index contributed by atoms with van der Waals surface area (Å²) in [5.74, 6) is -0.243. The predicted molar refractivity (Wildman–Crippen MR) is 184 cm³/mol. The summed E-state index contributed by atoms with van der Waals surface area (Å²) in [6.07, 6.45) is 46.6. The van der Waals surface area contributed by atoms with E-state index in [-0.39, 0.29) is 12.1 Å². The molecule has 0 saturated heterocycles. The van der Waals surface area contributed by atoms with Gasteiger partial charge in [0.25, 0.3) is 0 Å². The van der Waals surface area contributed by atoms with Crippen LogP contribution in [-0.2, 0) is 9.53 Å². The summed E-state index contributed by atoms with van der Waals surface area (Å²) in [6.45, 7) is 8.18. The maximum Gasteiger partial charge on any atom is 0.330 e. The first-order valence-corrected chi connectivity index (χ1v) is 19.1. The summed E-state index contributed by atoms with van der Waals surface area (Å²) in [5, 5.41) is 0. The largest absolute Gasteiger partial charge is 0.459 e. The van der Waals surface area contributed by atoms with Crippen molar-refractivity contribution in [2.45, 2.75) is 232 Å². The third-order valence-corrected chi connectivity index (χ3v) is 8.96. The molecule has 0 spiro atoms. The average Bonchev–Trinajstić information content (AvgIpc) is 2.98. The molecule has 0 N–H and O–H groups in total. The molecule has 2 heteroatoms. The molecule has 0 aromatic carbocycles. The Morgan fingerprint density at radius 2 is 0.659 bits per heavy atom. The maximum atomic E-state index is 11.8. The minimum atomic E-state index is -0.243. The van der Waals surface area contributed by atoms with Gasteiger partial charge >= 0.3 is 5.97 Å². The van der Waals surface area contributed by atoms with Crippen LogP contribution >= 0.6 is 0 Å². The third-order valence-electron chi connectivity index (χ3n) is 8.96. The van der Waals surface area contributed by atoms with Crippen LogP contribution in [0.2, 0.25) is 0 Å². The molecule has 0 aliphatic heterocycles. The monoisotopic (exact) mass is 577 g/mol. The van der Waals surface area contributed by atoms with E-state index in [4.69, 9.17) is 4.74 Å². The van der Waals surface area contributed by atoms with Crippen LogP contribution in [0.5, 0.6) is 0 Å². The molecule has 0 saturated carbocycles. The summed E-state index contributed by atoms with van der Waals surface area (Å²) < 4.78 is 5.68. The van der Waals surface area contributed by atoms with Crippen LogP contribution in [0.3, 0.4) is 0 Å². The number of carbonyl (C=O) groups is 1. The van der Waals surface area contributed by atoms with E-state index in [0.29, 0.717) is 0 Å². The molecular formula is C39H76O2. The normalized spacial score (nSPS) is 12.0. The number of rotatable bonds is 35. The van der Waals surface area contributed by atoms with Crippen LogP contribution in [-0.4, -0.2) is 12.1 Å². The van der Waals surface area contributed by atoms with Gasteiger partial charge in [-0.25, -0.2) is 4.79 Å². The summed E-state index contributed by atoms with van der Waals surface area (Å²) in [4.78, 5) is 11.8. The molecule has 0 rings (SSSR count). The fourth-order valence-corrected chi connectivity index (χ4v) is 6.14. The van der Waals surface area contributed by atoms with Crippen molar-refractivity contribution >= 4 is 5.97 Å². The first kappa shape index (κ1) is 40.2. The van der Waals surface area contributed by atoms with Crippen LogP contribution < -0.4 is 0 Å². The van der Waals surface area contributed by atoms with Crippen molar-refractivity contribution in [1.82, 2.24) is 0 Å². The van der Waals surface area contributed by atoms with Crippen LogP contribution in [0.25, 0.3) is 0 Å². The van der Waals surface area contributed by atoms with Crippen molar-refractivity contribution in [3.63, 3.8) is 0 Å². The van der Waals surface area contributed by atoms with Gasteiger partial charge in [0.05, 0.1) is 0 Å². The lowest BCUT2D eigenvalue weighted by atomic mass is 10.0. The minimum absolute atomic E-state index is 0.0918. The van der Waals surface area contributed by atoms with Gasteiger partial charge in [-0.15, -0.1) is 0 Å². The van der Waals surface area contributed by atoms with Gasteiger partial charge < -0.3 is 4.74 Å². The Bertz CT molecular complexity index is 514. The van der Waals surface area contributed by atoms with Gasteiger partial charge in [-0.05, 0) is 25.7 Å². The highest BCUT2D eigenvalue weighted by molar-refractivity contribution is 5.81. The Balaban J connectivity index is 3.57. The van der Waals surface area contributed by atoms with Crippen LogP contribution in [0.4, 0.5) is 0 Å². The zero-order valence-electron chi connectivity index (χ0n) is 28.5. The van der Waals surface area contributed by atoms with Gasteiger partial charge in [-0.2, -0.15) is 0 Å². The molecule has 1 unspecified atom stereocenters. The lowest BCUT2D eigenvalue weighted by molar-refractivity contribution is -0.143. The van der Waals surface area contributed by atoms with E-state index >= 15 is 0 Å². The Hall–Kier alpha value is -0.790. The molecule has 0 aromatic rings. The molecule has 0 radical (unpaired) electrons. The van der Waals surface area contributed by atoms with Gasteiger partial charge in [0.1, 0.15) is 6.10 Å². The molecule has 0 aliphatic rings. The van der Waals surface area contributed by atoms with Gasteiger partial charge in [0.15, 0.2) is 0 Å². The second-order valence-corrected chi connectivity index (χ2v) is 13.1.